The van der Waals surface area contributed by atoms with Crippen LogP contribution in [-0.2, 0) is 0 Å². The first kappa shape index (κ1) is 31.0. The van der Waals surface area contributed by atoms with Gasteiger partial charge in [0, 0.05) is 32.7 Å². The zero-order valence-electron chi connectivity index (χ0n) is 30.3. The molecule has 12 rings (SSSR count). The molecule has 2 aromatic heterocycles. The van der Waals surface area contributed by atoms with Gasteiger partial charge in [-0.05, 0) is 83.9 Å². The largest absolute Gasteiger partial charge is 0.455 e. The Balaban J connectivity index is 1.22. The number of furan rings is 2. The van der Waals surface area contributed by atoms with Crippen molar-refractivity contribution in [2.24, 2.45) is 0 Å². The number of hydrogen-bond acceptors (Lipinski definition) is 2. The molecular weight excluding hydrogens is 681 g/mol. The molecule has 0 amide bonds. The molecule has 0 aliphatic rings. The van der Waals surface area contributed by atoms with Crippen LogP contribution in [0.25, 0.3) is 121 Å². The maximum absolute atomic E-state index is 6.66. The molecule has 0 saturated carbocycles. The Hall–Kier alpha value is -7.42. The fourth-order valence-corrected chi connectivity index (χ4v) is 9.23. The Morgan fingerprint density at radius 2 is 0.643 bits per heavy atom. The molecule has 0 spiro atoms. The van der Waals surface area contributed by atoms with Gasteiger partial charge < -0.3 is 8.83 Å². The standard InChI is InChI=1S/C54H32O2/c1-2-14-33(15-3-1)34-30-31-43(36-17-5-4-16-35(34)36)52-41-22-10-20-37(44-24-12-26-46-39-18-6-8-28-50(39)55-53(44)46)48(41)32-49-38(21-11-23-42(49)52)45-25-13-27-47-40-19-7-9-29-51(40)56-54(45)47/h1-32H. The van der Waals surface area contributed by atoms with E-state index in [1.807, 2.05) is 12.1 Å². The number of benzene rings is 10. The quantitative estimate of drug-likeness (QED) is 0.170. The number of fused-ring (bicyclic) bond motifs is 9. The molecule has 0 N–H and O–H groups in total. The average Bonchev–Trinajstić information content (AvgIpc) is 3.84. The molecule has 10 aromatic carbocycles. The first-order chi connectivity index (χ1) is 27.8. The van der Waals surface area contributed by atoms with E-state index in [4.69, 9.17) is 8.83 Å². The average molecular weight is 713 g/mol. The summed E-state index contributed by atoms with van der Waals surface area (Å²) in [7, 11) is 0. The Morgan fingerprint density at radius 3 is 1.20 bits per heavy atom. The lowest BCUT2D eigenvalue weighted by atomic mass is 9.84. The molecule has 0 radical (unpaired) electrons. The van der Waals surface area contributed by atoms with E-state index in [1.54, 1.807) is 0 Å². The first-order valence-electron chi connectivity index (χ1n) is 19.2. The van der Waals surface area contributed by atoms with E-state index in [9.17, 15) is 0 Å². The lowest BCUT2D eigenvalue weighted by Gasteiger charge is -2.19. The van der Waals surface area contributed by atoms with Crippen LogP contribution in [0.5, 0.6) is 0 Å². The van der Waals surface area contributed by atoms with Crippen molar-refractivity contribution in [2.75, 3.05) is 0 Å². The van der Waals surface area contributed by atoms with Crippen LogP contribution in [0, 0.1) is 0 Å². The Kier molecular flexibility index (Phi) is 6.66. The Labute approximate surface area is 322 Å². The van der Waals surface area contributed by atoms with Gasteiger partial charge in [0.1, 0.15) is 22.3 Å². The molecule has 2 heterocycles. The summed E-state index contributed by atoms with van der Waals surface area (Å²) in [5, 5.41) is 11.7. The van der Waals surface area contributed by atoms with E-state index in [1.165, 1.54) is 54.6 Å². The van der Waals surface area contributed by atoms with Crippen molar-refractivity contribution < 1.29 is 8.83 Å². The van der Waals surface area contributed by atoms with Crippen molar-refractivity contribution in [1.82, 2.24) is 0 Å². The summed E-state index contributed by atoms with van der Waals surface area (Å²) in [6.07, 6.45) is 0. The zero-order valence-corrected chi connectivity index (χ0v) is 30.3. The van der Waals surface area contributed by atoms with Gasteiger partial charge in [0.15, 0.2) is 0 Å². The molecule has 0 unspecified atom stereocenters. The number of hydrogen-bond donors (Lipinski definition) is 0. The summed E-state index contributed by atoms with van der Waals surface area (Å²) in [5.41, 5.74) is 12.9. The third-order valence-corrected chi connectivity index (χ3v) is 11.7. The summed E-state index contributed by atoms with van der Waals surface area (Å²) in [6, 6.07) is 69.8. The fourth-order valence-electron chi connectivity index (χ4n) is 9.23. The van der Waals surface area contributed by atoms with Gasteiger partial charge in [0.05, 0.1) is 0 Å². The van der Waals surface area contributed by atoms with Crippen LogP contribution >= 0.6 is 0 Å². The monoisotopic (exact) mass is 712 g/mol. The van der Waals surface area contributed by atoms with Gasteiger partial charge in [0.25, 0.3) is 0 Å². The van der Waals surface area contributed by atoms with Gasteiger partial charge >= 0.3 is 0 Å². The number of para-hydroxylation sites is 4. The molecule has 0 bridgehead atoms. The van der Waals surface area contributed by atoms with E-state index in [0.29, 0.717) is 0 Å². The Bertz CT molecular complexity index is 3360. The van der Waals surface area contributed by atoms with Gasteiger partial charge in [-0.2, -0.15) is 0 Å². The second kappa shape index (κ2) is 12.0. The second-order valence-corrected chi connectivity index (χ2v) is 14.7. The van der Waals surface area contributed by atoms with E-state index >= 15 is 0 Å². The van der Waals surface area contributed by atoms with E-state index < -0.39 is 0 Å². The van der Waals surface area contributed by atoms with Gasteiger partial charge in [-0.25, -0.2) is 0 Å². The molecule has 0 aliphatic heterocycles. The molecule has 0 aliphatic carbocycles. The maximum atomic E-state index is 6.66. The van der Waals surface area contributed by atoms with Crippen molar-refractivity contribution in [1.29, 1.82) is 0 Å². The van der Waals surface area contributed by atoms with Crippen molar-refractivity contribution >= 4 is 76.2 Å². The smallest absolute Gasteiger partial charge is 0.143 e. The summed E-state index contributed by atoms with van der Waals surface area (Å²) in [6.45, 7) is 0. The predicted molar refractivity (Wildman–Crippen MR) is 235 cm³/mol. The van der Waals surface area contributed by atoms with Crippen molar-refractivity contribution in [3.63, 3.8) is 0 Å². The van der Waals surface area contributed by atoms with Crippen molar-refractivity contribution in [2.45, 2.75) is 0 Å². The first-order valence-corrected chi connectivity index (χ1v) is 19.2. The predicted octanol–water partition coefficient (Wildman–Crippen LogP) is 15.6. The van der Waals surface area contributed by atoms with Crippen LogP contribution in [0.4, 0.5) is 0 Å². The molecule has 2 nitrogen and oxygen atoms in total. The minimum absolute atomic E-state index is 0.896. The van der Waals surface area contributed by atoms with Crippen LogP contribution in [-0.4, -0.2) is 0 Å². The molecule has 0 fully saturated rings. The minimum atomic E-state index is 0.896. The van der Waals surface area contributed by atoms with Crippen LogP contribution in [0.1, 0.15) is 0 Å². The zero-order chi connectivity index (χ0) is 36.7. The highest BCUT2D eigenvalue weighted by Gasteiger charge is 2.21. The molecule has 0 saturated heterocycles. The summed E-state index contributed by atoms with van der Waals surface area (Å²) < 4.78 is 13.3. The van der Waals surface area contributed by atoms with Crippen LogP contribution in [0.3, 0.4) is 0 Å². The van der Waals surface area contributed by atoms with Crippen molar-refractivity contribution in [3.8, 4) is 44.5 Å². The lowest BCUT2D eigenvalue weighted by Crippen LogP contribution is -1.92. The third kappa shape index (κ3) is 4.50. The third-order valence-electron chi connectivity index (χ3n) is 11.7. The van der Waals surface area contributed by atoms with Crippen LogP contribution in [0.15, 0.2) is 203 Å². The molecule has 56 heavy (non-hydrogen) atoms. The molecule has 12 aromatic rings. The highest BCUT2D eigenvalue weighted by molar-refractivity contribution is 6.24. The Morgan fingerprint density at radius 1 is 0.232 bits per heavy atom. The van der Waals surface area contributed by atoms with Gasteiger partial charge in [-0.1, -0.05) is 176 Å². The molecule has 0 atom stereocenters. The molecular formula is C54H32O2. The topological polar surface area (TPSA) is 26.3 Å². The summed E-state index contributed by atoms with van der Waals surface area (Å²) >= 11 is 0. The number of rotatable bonds is 4. The fraction of sp³-hybridized carbons (Fsp3) is 0. The highest BCUT2D eigenvalue weighted by atomic mass is 16.3. The SMILES string of the molecule is c1ccc(-c2ccc(-c3c4cccc(-c5cccc6c5oc5ccccc56)c4cc4c(-c5cccc6c5oc5ccccc56)cccc34)c3ccccc23)cc1. The summed E-state index contributed by atoms with van der Waals surface area (Å²) in [5.74, 6) is 0. The lowest BCUT2D eigenvalue weighted by molar-refractivity contribution is 0.669. The molecule has 260 valence electrons. The van der Waals surface area contributed by atoms with Crippen LogP contribution < -0.4 is 0 Å². The molecule has 2 heteroatoms. The highest BCUT2D eigenvalue weighted by Crippen LogP contribution is 2.48. The van der Waals surface area contributed by atoms with E-state index in [-0.39, 0.29) is 0 Å². The van der Waals surface area contributed by atoms with Gasteiger partial charge in [0.2, 0.25) is 0 Å². The van der Waals surface area contributed by atoms with Gasteiger partial charge in [-0.15, -0.1) is 0 Å². The summed E-state index contributed by atoms with van der Waals surface area (Å²) in [4.78, 5) is 0. The van der Waals surface area contributed by atoms with E-state index in [0.717, 1.165) is 66.1 Å². The van der Waals surface area contributed by atoms with Crippen LogP contribution in [0.2, 0.25) is 0 Å². The van der Waals surface area contributed by atoms with Gasteiger partial charge in [-0.3, -0.25) is 0 Å². The van der Waals surface area contributed by atoms with E-state index in [2.05, 4.69) is 182 Å². The normalized spacial score (nSPS) is 11.9. The minimum Gasteiger partial charge on any atom is -0.455 e. The second-order valence-electron chi connectivity index (χ2n) is 14.7. The van der Waals surface area contributed by atoms with Crippen molar-refractivity contribution in [3.05, 3.63) is 194 Å². The maximum Gasteiger partial charge on any atom is 0.143 e.